The Morgan fingerprint density at radius 2 is 1.85 bits per heavy atom. The number of β-amino-alcohol motifs (C(OH)–C–C–N with tert-alkyl or cyclic N) is 1. The topological polar surface area (TPSA) is 91.3 Å². The number of fused-ring (bicyclic) bond motifs is 1. The van der Waals surface area contributed by atoms with E-state index in [-0.39, 0.29) is 49.7 Å². The Morgan fingerprint density at radius 1 is 1.15 bits per heavy atom. The third kappa shape index (κ3) is 4.73. The predicted molar refractivity (Wildman–Crippen MR) is 110 cm³/mol. The number of hydrogen-bond acceptors (Lipinski definition) is 6. The number of benzene rings is 2. The molecule has 2 aromatic rings. The van der Waals surface area contributed by atoms with Gasteiger partial charge in [-0.3, -0.25) is 4.79 Å². The summed E-state index contributed by atoms with van der Waals surface area (Å²) in [5.41, 5.74) is -1.92. The minimum absolute atomic E-state index is 0.00123. The number of alkyl halides is 2. The van der Waals surface area contributed by atoms with Crippen molar-refractivity contribution in [3.8, 4) is 11.5 Å². The standard InChI is InChI=1S/C22H21F5N2O5/c23-13-2-3-16(12-1-4-18(31)28-19(12)13)33-10-22(32)5-6-29(9-17(22)30)20-14(24)7-11(8-15(20)25)34-21(26)27/h2-3,7-8,17,21,30,32H,1,4-6,9-10H2,(H,28,31). The lowest BCUT2D eigenvalue weighted by Crippen LogP contribution is -2.58. The summed E-state index contributed by atoms with van der Waals surface area (Å²) in [5, 5.41) is 23.9. The average molecular weight is 488 g/mol. The molecule has 0 aromatic heterocycles. The Kier molecular flexibility index (Phi) is 6.54. The Morgan fingerprint density at radius 3 is 2.50 bits per heavy atom. The molecule has 0 saturated carbocycles. The lowest BCUT2D eigenvalue weighted by Gasteiger charge is -2.42. The van der Waals surface area contributed by atoms with Crippen LogP contribution in [0.1, 0.15) is 18.4 Å². The lowest BCUT2D eigenvalue weighted by atomic mass is 9.89. The molecule has 1 saturated heterocycles. The number of aliphatic hydroxyl groups is 2. The second-order valence-electron chi connectivity index (χ2n) is 8.17. The second-order valence-corrected chi connectivity index (χ2v) is 8.17. The van der Waals surface area contributed by atoms with Crippen LogP contribution in [0.25, 0.3) is 0 Å². The zero-order chi connectivity index (χ0) is 24.6. The Hall–Kier alpha value is -3.12. The third-order valence-electron chi connectivity index (χ3n) is 5.92. The van der Waals surface area contributed by atoms with E-state index in [0.29, 0.717) is 17.7 Å². The summed E-state index contributed by atoms with van der Waals surface area (Å²) in [6, 6.07) is 3.68. The van der Waals surface area contributed by atoms with Crippen LogP contribution in [-0.4, -0.2) is 54.1 Å². The number of hydrogen-bond donors (Lipinski definition) is 3. The molecule has 2 aliphatic rings. The maximum Gasteiger partial charge on any atom is 0.387 e. The molecule has 2 unspecified atom stereocenters. The van der Waals surface area contributed by atoms with Gasteiger partial charge in [-0.25, -0.2) is 13.2 Å². The molecule has 2 aliphatic heterocycles. The van der Waals surface area contributed by atoms with Gasteiger partial charge in [0.05, 0.1) is 5.69 Å². The number of halogens is 5. The van der Waals surface area contributed by atoms with Crippen LogP contribution in [0.3, 0.4) is 0 Å². The largest absolute Gasteiger partial charge is 0.490 e. The highest BCUT2D eigenvalue weighted by atomic mass is 19.3. The van der Waals surface area contributed by atoms with E-state index in [1.165, 1.54) is 6.07 Å². The van der Waals surface area contributed by atoms with E-state index in [1.807, 2.05) is 0 Å². The van der Waals surface area contributed by atoms with E-state index in [2.05, 4.69) is 10.1 Å². The van der Waals surface area contributed by atoms with E-state index < -0.39 is 53.8 Å². The first-order valence-electron chi connectivity index (χ1n) is 10.4. The lowest BCUT2D eigenvalue weighted by molar-refractivity contribution is -0.116. The van der Waals surface area contributed by atoms with Crippen LogP contribution in [0.4, 0.5) is 33.3 Å². The summed E-state index contributed by atoms with van der Waals surface area (Å²) in [4.78, 5) is 12.7. The van der Waals surface area contributed by atoms with Gasteiger partial charge in [0, 0.05) is 37.2 Å². The number of aliphatic hydroxyl groups excluding tert-OH is 1. The van der Waals surface area contributed by atoms with Crippen molar-refractivity contribution in [2.75, 3.05) is 29.9 Å². The first-order chi connectivity index (χ1) is 16.1. The van der Waals surface area contributed by atoms with Gasteiger partial charge in [0.1, 0.15) is 41.3 Å². The molecule has 2 heterocycles. The number of nitrogens with zero attached hydrogens (tertiary/aromatic N) is 1. The molecule has 1 amide bonds. The molecule has 34 heavy (non-hydrogen) atoms. The maximum atomic E-state index is 14.4. The number of piperidine rings is 1. The van der Waals surface area contributed by atoms with Crippen molar-refractivity contribution in [1.29, 1.82) is 0 Å². The monoisotopic (exact) mass is 488 g/mol. The van der Waals surface area contributed by atoms with E-state index in [9.17, 15) is 37.0 Å². The zero-order valence-corrected chi connectivity index (χ0v) is 17.7. The van der Waals surface area contributed by atoms with Gasteiger partial charge >= 0.3 is 6.61 Å². The Balaban J connectivity index is 1.46. The van der Waals surface area contributed by atoms with Crippen molar-refractivity contribution in [1.82, 2.24) is 0 Å². The van der Waals surface area contributed by atoms with Crippen molar-refractivity contribution < 1.29 is 46.4 Å². The van der Waals surface area contributed by atoms with E-state index >= 15 is 0 Å². The van der Waals surface area contributed by atoms with Crippen LogP contribution in [0.5, 0.6) is 11.5 Å². The summed E-state index contributed by atoms with van der Waals surface area (Å²) in [6.07, 6.45) is -1.28. The minimum atomic E-state index is -3.25. The van der Waals surface area contributed by atoms with Crippen LogP contribution in [0, 0.1) is 17.5 Å². The number of rotatable bonds is 6. The highest BCUT2D eigenvalue weighted by Gasteiger charge is 2.43. The molecule has 2 aromatic carbocycles. The molecular formula is C22H21F5N2O5. The molecule has 3 N–H and O–H groups in total. The smallest absolute Gasteiger partial charge is 0.387 e. The van der Waals surface area contributed by atoms with Crippen LogP contribution in [0.15, 0.2) is 24.3 Å². The molecule has 0 radical (unpaired) electrons. The number of nitrogens with one attached hydrogen (secondary N) is 1. The number of ether oxygens (including phenoxy) is 2. The van der Waals surface area contributed by atoms with E-state index in [1.54, 1.807) is 0 Å². The first kappa shape index (κ1) is 24.0. The number of carbonyl (C=O) groups is 1. The van der Waals surface area contributed by atoms with Gasteiger partial charge in [-0.2, -0.15) is 8.78 Å². The molecule has 7 nitrogen and oxygen atoms in total. The molecule has 184 valence electrons. The van der Waals surface area contributed by atoms with Crippen LogP contribution in [-0.2, 0) is 11.2 Å². The summed E-state index contributed by atoms with van der Waals surface area (Å²) >= 11 is 0. The van der Waals surface area contributed by atoms with Crippen molar-refractivity contribution in [2.24, 2.45) is 0 Å². The van der Waals surface area contributed by atoms with Crippen LogP contribution < -0.4 is 19.7 Å². The first-order valence-corrected chi connectivity index (χ1v) is 10.4. The summed E-state index contributed by atoms with van der Waals surface area (Å²) in [7, 11) is 0. The molecule has 1 fully saturated rings. The predicted octanol–water partition coefficient (Wildman–Crippen LogP) is 2.97. The molecule has 0 spiro atoms. The maximum absolute atomic E-state index is 14.4. The molecule has 4 rings (SSSR count). The highest BCUT2D eigenvalue weighted by Crippen LogP contribution is 2.36. The molecule has 0 bridgehead atoms. The fourth-order valence-electron chi connectivity index (χ4n) is 4.11. The van der Waals surface area contributed by atoms with Crippen molar-refractivity contribution in [2.45, 2.75) is 37.6 Å². The second kappa shape index (κ2) is 9.26. The Bertz CT molecular complexity index is 1080. The van der Waals surface area contributed by atoms with Gasteiger partial charge in [0.15, 0.2) is 11.6 Å². The van der Waals surface area contributed by atoms with Crippen LogP contribution in [0.2, 0.25) is 0 Å². The fourth-order valence-corrected chi connectivity index (χ4v) is 4.11. The number of anilines is 2. The van der Waals surface area contributed by atoms with Gasteiger partial charge in [-0.1, -0.05) is 0 Å². The molecular weight excluding hydrogens is 467 g/mol. The van der Waals surface area contributed by atoms with E-state index in [4.69, 9.17) is 4.74 Å². The summed E-state index contributed by atoms with van der Waals surface area (Å²) in [6.45, 7) is -4.11. The molecule has 2 atom stereocenters. The van der Waals surface area contributed by atoms with Crippen LogP contribution >= 0.6 is 0 Å². The van der Waals surface area contributed by atoms with Gasteiger partial charge in [-0.05, 0) is 25.0 Å². The quantitative estimate of drug-likeness (QED) is 0.542. The van der Waals surface area contributed by atoms with Crippen molar-refractivity contribution in [3.05, 3.63) is 47.3 Å². The van der Waals surface area contributed by atoms with Gasteiger partial charge in [0.2, 0.25) is 5.91 Å². The molecule has 12 heteroatoms. The Labute approximate surface area is 190 Å². The van der Waals surface area contributed by atoms with Crippen molar-refractivity contribution in [3.63, 3.8) is 0 Å². The SMILES string of the molecule is O=C1CCc2c(OCC3(O)CCN(c4c(F)cc(OC(F)F)cc4F)CC3O)ccc(F)c2N1. The van der Waals surface area contributed by atoms with E-state index in [0.717, 1.165) is 11.0 Å². The van der Waals surface area contributed by atoms with Gasteiger partial charge in [-0.15, -0.1) is 0 Å². The summed E-state index contributed by atoms with van der Waals surface area (Å²) < 4.78 is 77.2. The minimum Gasteiger partial charge on any atom is -0.490 e. The number of carbonyl (C=O) groups excluding carboxylic acids is 1. The third-order valence-corrected chi connectivity index (χ3v) is 5.92. The fraction of sp³-hybridized carbons (Fsp3) is 0.409. The highest BCUT2D eigenvalue weighted by molar-refractivity contribution is 5.94. The zero-order valence-electron chi connectivity index (χ0n) is 17.7. The van der Waals surface area contributed by atoms with Crippen molar-refractivity contribution >= 4 is 17.3 Å². The normalized spacial score (nSPS) is 22.4. The van der Waals surface area contributed by atoms with Gasteiger partial charge in [0.25, 0.3) is 0 Å². The molecule has 0 aliphatic carbocycles. The number of amides is 1. The van der Waals surface area contributed by atoms with Gasteiger partial charge < -0.3 is 29.9 Å². The average Bonchev–Trinajstić information content (AvgIpc) is 2.75. The summed E-state index contributed by atoms with van der Waals surface area (Å²) in [5.74, 6) is -3.75.